The second kappa shape index (κ2) is 7.67. The smallest absolute Gasteiger partial charge is 0.407 e. The molecule has 0 saturated heterocycles. The first-order valence-electron chi connectivity index (χ1n) is 7.65. The highest BCUT2D eigenvalue weighted by atomic mass is 16.6. The molecule has 1 amide bonds. The van der Waals surface area contributed by atoms with E-state index in [0.717, 1.165) is 25.8 Å². The number of hydrogen-bond donors (Lipinski definition) is 2. The van der Waals surface area contributed by atoms with Crippen molar-refractivity contribution in [3.05, 3.63) is 12.2 Å². The molecule has 0 aromatic rings. The van der Waals surface area contributed by atoms with Gasteiger partial charge in [-0.15, -0.1) is 6.58 Å². The van der Waals surface area contributed by atoms with Crippen molar-refractivity contribution in [2.75, 3.05) is 6.54 Å². The highest BCUT2D eigenvalue weighted by Gasteiger charge is 2.27. The lowest BCUT2D eigenvalue weighted by atomic mass is 9.90. The Morgan fingerprint density at radius 2 is 1.85 bits per heavy atom. The number of rotatable bonds is 5. The van der Waals surface area contributed by atoms with Crippen LogP contribution in [0.1, 0.15) is 59.8 Å². The van der Waals surface area contributed by atoms with E-state index in [1.807, 2.05) is 27.7 Å². The van der Waals surface area contributed by atoms with Crippen LogP contribution in [0, 0.1) is 0 Å². The Hall–Kier alpha value is -1.03. The summed E-state index contributed by atoms with van der Waals surface area (Å²) in [7, 11) is 0. The highest BCUT2D eigenvalue weighted by molar-refractivity contribution is 5.68. The van der Waals surface area contributed by atoms with Gasteiger partial charge in [-0.3, -0.25) is 0 Å². The third-order valence-corrected chi connectivity index (χ3v) is 3.43. The van der Waals surface area contributed by atoms with Gasteiger partial charge in [-0.05, 0) is 53.5 Å². The summed E-state index contributed by atoms with van der Waals surface area (Å²) in [6, 6.07) is 0.513. The number of amides is 1. The fraction of sp³-hybridized carbons (Fsp3) is 0.812. The van der Waals surface area contributed by atoms with E-state index in [4.69, 9.17) is 4.74 Å². The zero-order valence-corrected chi connectivity index (χ0v) is 13.4. The van der Waals surface area contributed by atoms with Crippen molar-refractivity contribution in [1.29, 1.82) is 0 Å². The summed E-state index contributed by atoms with van der Waals surface area (Å²) >= 11 is 0. The molecule has 0 radical (unpaired) electrons. The van der Waals surface area contributed by atoms with E-state index in [1.54, 1.807) is 0 Å². The summed E-state index contributed by atoms with van der Waals surface area (Å²) < 4.78 is 5.34. The Bertz CT molecular complexity index is 334. The van der Waals surface area contributed by atoms with Gasteiger partial charge in [-0.1, -0.05) is 18.4 Å². The van der Waals surface area contributed by atoms with Gasteiger partial charge in [0, 0.05) is 12.1 Å². The number of alkyl carbamates (subject to hydrolysis) is 1. The molecule has 0 aromatic carbocycles. The van der Waals surface area contributed by atoms with Gasteiger partial charge in [-0.25, -0.2) is 4.79 Å². The molecule has 1 rings (SSSR count). The van der Waals surface area contributed by atoms with Crippen LogP contribution in [0.15, 0.2) is 12.2 Å². The SMILES string of the molecule is C=C(C)CCN[C@@H]1CCCC[C@H]1NC(=O)OC(C)(C)C. The summed E-state index contributed by atoms with van der Waals surface area (Å²) in [6.45, 7) is 12.5. The van der Waals surface area contributed by atoms with Crippen LogP contribution in [-0.2, 0) is 4.74 Å². The number of ether oxygens (including phenoxy) is 1. The molecule has 0 unspecified atom stereocenters. The van der Waals surface area contributed by atoms with Crippen molar-refractivity contribution in [1.82, 2.24) is 10.6 Å². The fourth-order valence-corrected chi connectivity index (χ4v) is 2.48. The molecule has 1 aliphatic carbocycles. The maximum atomic E-state index is 11.9. The Morgan fingerprint density at radius 1 is 1.25 bits per heavy atom. The first-order valence-corrected chi connectivity index (χ1v) is 7.65. The van der Waals surface area contributed by atoms with Gasteiger partial charge in [0.2, 0.25) is 0 Å². The Morgan fingerprint density at radius 3 is 2.40 bits per heavy atom. The molecule has 0 aliphatic heterocycles. The van der Waals surface area contributed by atoms with Crippen LogP contribution in [0.4, 0.5) is 4.79 Å². The molecular formula is C16H30N2O2. The minimum absolute atomic E-state index is 0.170. The average Bonchev–Trinajstić information content (AvgIpc) is 2.28. The van der Waals surface area contributed by atoms with E-state index in [2.05, 4.69) is 17.2 Å². The molecule has 1 aliphatic rings. The summed E-state index contributed by atoms with van der Waals surface area (Å²) in [5, 5.41) is 6.56. The number of carbonyl (C=O) groups excluding carboxylic acids is 1. The normalized spacial score (nSPS) is 23.2. The van der Waals surface area contributed by atoms with Crippen LogP contribution >= 0.6 is 0 Å². The van der Waals surface area contributed by atoms with Gasteiger partial charge >= 0.3 is 6.09 Å². The molecule has 1 fully saturated rings. The maximum absolute atomic E-state index is 11.9. The molecular weight excluding hydrogens is 252 g/mol. The van der Waals surface area contributed by atoms with Gasteiger partial charge in [-0.2, -0.15) is 0 Å². The van der Waals surface area contributed by atoms with Crippen molar-refractivity contribution < 1.29 is 9.53 Å². The summed E-state index contributed by atoms with van der Waals surface area (Å²) in [6.07, 6.45) is 5.18. The van der Waals surface area contributed by atoms with Crippen molar-refractivity contribution in [3.8, 4) is 0 Å². The summed E-state index contributed by atoms with van der Waals surface area (Å²) in [4.78, 5) is 11.9. The minimum atomic E-state index is -0.443. The van der Waals surface area contributed by atoms with Crippen LogP contribution in [0.5, 0.6) is 0 Å². The monoisotopic (exact) mass is 282 g/mol. The lowest BCUT2D eigenvalue weighted by Crippen LogP contribution is -2.52. The molecule has 4 nitrogen and oxygen atoms in total. The van der Waals surface area contributed by atoms with Gasteiger partial charge in [0.25, 0.3) is 0 Å². The Labute approximate surface area is 123 Å². The van der Waals surface area contributed by atoms with E-state index in [1.165, 1.54) is 18.4 Å². The van der Waals surface area contributed by atoms with Gasteiger partial charge in [0.15, 0.2) is 0 Å². The zero-order valence-electron chi connectivity index (χ0n) is 13.4. The van der Waals surface area contributed by atoms with E-state index in [-0.39, 0.29) is 12.1 Å². The molecule has 116 valence electrons. The van der Waals surface area contributed by atoms with Crippen LogP contribution in [0.25, 0.3) is 0 Å². The van der Waals surface area contributed by atoms with E-state index in [9.17, 15) is 4.79 Å². The maximum Gasteiger partial charge on any atom is 0.407 e. The number of hydrogen-bond acceptors (Lipinski definition) is 3. The molecule has 1 saturated carbocycles. The first-order chi connectivity index (χ1) is 9.28. The predicted molar refractivity (Wildman–Crippen MR) is 82.8 cm³/mol. The lowest BCUT2D eigenvalue weighted by Gasteiger charge is -2.33. The molecule has 0 heterocycles. The number of nitrogens with one attached hydrogen (secondary N) is 2. The van der Waals surface area contributed by atoms with Crippen molar-refractivity contribution >= 4 is 6.09 Å². The Kier molecular flexibility index (Phi) is 6.53. The molecule has 2 atom stereocenters. The predicted octanol–water partition coefficient (Wildman–Crippen LogP) is 3.38. The standard InChI is InChI=1S/C16H30N2O2/c1-12(2)10-11-17-13-8-6-7-9-14(13)18-15(19)20-16(3,4)5/h13-14,17H,1,6-11H2,2-5H3,(H,18,19)/t13-,14-/m1/s1. The topological polar surface area (TPSA) is 50.4 Å². The second-order valence-corrected chi connectivity index (χ2v) is 6.80. The third-order valence-electron chi connectivity index (χ3n) is 3.43. The quantitative estimate of drug-likeness (QED) is 0.760. The average molecular weight is 282 g/mol. The summed E-state index contributed by atoms with van der Waals surface area (Å²) in [5.41, 5.74) is 0.742. The van der Waals surface area contributed by atoms with Crippen molar-refractivity contribution in [2.45, 2.75) is 77.5 Å². The highest BCUT2D eigenvalue weighted by Crippen LogP contribution is 2.19. The molecule has 20 heavy (non-hydrogen) atoms. The zero-order chi connectivity index (χ0) is 15.2. The number of carbonyl (C=O) groups is 1. The fourth-order valence-electron chi connectivity index (χ4n) is 2.48. The molecule has 2 N–H and O–H groups in total. The van der Waals surface area contributed by atoms with Gasteiger partial charge in [0.1, 0.15) is 5.60 Å². The van der Waals surface area contributed by atoms with E-state index in [0.29, 0.717) is 6.04 Å². The minimum Gasteiger partial charge on any atom is -0.444 e. The second-order valence-electron chi connectivity index (χ2n) is 6.80. The summed E-state index contributed by atoms with van der Waals surface area (Å²) in [5.74, 6) is 0. The largest absolute Gasteiger partial charge is 0.444 e. The van der Waals surface area contributed by atoms with Crippen LogP contribution < -0.4 is 10.6 Å². The van der Waals surface area contributed by atoms with E-state index < -0.39 is 5.60 Å². The van der Waals surface area contributed by atoms with E-state index >= 15 is 0 Å². The molecule has 0 bridgehead atoms. The van der Waals surface area contributed by atoms with Crippen molar-refractivity contribution in [2.24, 2.45) is 0 Å². The van der Waals surface area contributed by atoms with Crippen molar-refractivity contribution in [3.63, 3.8) is 0 Å². The van der Waals surface area contributed by atoms with Gasteiger partial charge in [0.05, 0.1) is 0 Å². The van der Waals surface area contributed by atoms with Crippen LogP contribution in [-0.4, -0.2) is 30.3 Å². The Balaban J connectivity index is 2.43. The molecule has 0 spiro atoms. The van der Waals surface area contributed by atoms with Crippen LogP contribution in [0.3, 0.4) is 0 Å². The lowest BCUT2D eigenvalue weighted by molar-refractivity contribution is 0.0479. The molecule has 0 aromatic heterocycles. The first kappa shape index (κ1) is 17.0. The van der Waals surface area contributed by atoms with Gasteiger partial charge < -0.3 is 15.4 Å². The third kappa shape index (κ3) is 6.94. The van der Waals surface area contributed by atoms with Crippen LogP contribution in [0.2, 0.25) is 0 Å². The molecule has 4 heteroatoms.